The summed E-state index contributed by atoms with van der Waals surface area (Å²) in [5.74, 6) is 0. The zero-order valence-corrected chi connectivity index (χ0v) is 6.55. The van der Waals surface area contributed by atoms with Crippen molar-refractivity contribution in [2.45, 2.75) is 13.6 Å². The summed E-state index contributed by atoms with van der Waals surface area (Å²) in [6.07, 6.45) is 0. The van der Waals surface area contributed by atoms with Crippen LogP contribution >= 0.6 is 0 Å². The lowest BCUT2D eigenvalue weighted by molar-refractivity contribution is 0.497. The Bertz CT molecular complexity index is 98.0. The van der Waals surface area contributed by atoms with Gasteiger partial charge in [0.05, 0.1) is 0 Å². The van der Waals surface area contributed by atoms with Gasteiger partial charge in [0, 0.05) is 0 Å². The first kappa shape index (κ1) is 7.12. The third-order valence-electron chi connectivity index (χ3n) is 2.15. The molecular formula is C4H13B2N3. The SMILES string of the molecule is CB1NN(C)B(C)N1C. The average Bonchev–Trinajstić information content (AvgIpc) is 1.98. The molecule has 3 nitrogen and oxygen atoms in total. The van der Waals surface area contributed by atoms with Gasteiger partial charge in [-0.3, -0.25) is 10.3 Å². The normalized spacial score (nSPS) is 24.0. The van der Waals surface area contributed by atoms with Crippen LogP contribution in [0.2, 0.25) is 13.6 Å². The molecule has 1 aliphatic heterocycles. The van der Waals surface area contributed by atoms with Crippen LogP contribution in [0.3, 0.4) is 0 Å². The number of hydrogen-bond acceptors (Lipinski definition) is 3. The summed E-state index contributed by atoms with van der Waals surface area (Å²) in [4.78, 5) is 2.12. The molecular weight excluding hydrogens is 112 g/mol. The van der Waals surface area contributed by atoms with Gasteiger partial charge in [-0.15, -0.1) is 0 Å². The molecule has 0 unspecified atom stereocenters. The zero-order valence-electron chi connectivity index (χ0n) is 6.55. The van der Waals surface area contributed by atoms with Gasteiger partial charge in [0.2, 0.25) is 0 Å². The van der Waals surface area contributed by atoms with E-state index < -0.39 is 0 Å². The number of rotatable bonds is 0. The van der Waals surface area contributed by atoms with Crippen LogP contribution in [0.1, 0.15) is 0 Å². The predicted molar refractivity (Wildman–Crippen MR) is 41.9 cm³/mol. The fourth-order valence-electron chi connectivity index (χ4n) is 1.09. The summed E-state index contributed by atoms with van der Waals surface area (Å²) >= 11 is 0. The molecule has 0 aliphatic carbocycles. The maximum Gasteiger partial charge on any atom is 0.310 e. The molecule has 5 heteroatoms. The Labute approximate surface area is 57.6 Å². The van der Waals surface area contributed by atoms with E-state index in [1.807, 2.05) is 0 Å². The monoisotopic (exact) mass is 125 g/mol. The second kappa shape index (κ2) is 2.33. The average molecular weight is 125 g/mol. The molecule has 50 valence electrons. The molecule has 1 rings (SSSR count). The molecule has 0 saturated carbocycles. The Morgan fingerprint density at radius 3 is 1.89 bits per heavy atom. The summed E-state index contributed by atoms with van der Waals surface area (Å²) in [6.45, 7) is 5.32. The van der Waals surface area contributed by atoms with Crippen LogP contribution in [0.15, 0.2) is 0 Å². The van der Waals surface area contributed by atoms with Crippen molar-refractivity contribution >= 4 is 14.0 Å². The summed E-state index contributed by atoms with van der Waals surface area (Å²) < 4.78 is 2.28. The third kappa shape index (κ3) is 1.13. The Balaban J connectivity index is 2.54. The van der Waals surface area contributed by atoms with Crippen LogP contribution in [0.4, 0.5) is 0 Å². The molecule has 1 N–H and O–H groups in total. The molecule has 0 atom stereocenters. The van der Waals surface area contributed by atoms with Crippen molar-refractivity contribution in [1.82, 2.24) is 15.0 Å². The highest BCUT2D eigenvalue weighted by atomic mass is 15.5. The topological polar surface area (TPSA) is 18.5 Å². The molecule has 9 heavy (non-hydrogen) atoms. The van der Waals surface area contributed by atoms with Crippen LogP contribution in [0.5, 0.6) is 0 Å². The van der Waals surface area contributed by atoms with Gasteiger partial charge in [-0.05, 0) is 14.1 Å². The van der Waals surface area contributed by atoms with Gasteiger partial charge >= 0.3 is 14.0 Å². The molecule has 0 aromatic carbocycles. The van der Waals surface area contributed by atoms with E-state index in [1.54, 1.807) is 0 Å². The van der Waals surface area contributed by atoms with E-state index in [9.17, 15) is 0 Å². The predicted octanol–water partition coefficient (Wildman–Crippen LogP) is -0.396. The number of nitrogens with one attached hydrogen (secondary N) is 1. The summed E-state index contributed by atoms with van der Waals surface area (Å²) in [5.41, 5.74) is 0. The first-order chi connectivity index (χ1) is 4.13. The van der Waals surface area contributed by atoms with Crippen LogP contribution in [-0.2, 0) is 0 Å². The van der Waals surface area contributed by atoms with E-state index in [2.05, 4.69) is 42.7 Å². The molecule has 1 fully saturated rings. The molecule has 0 spiro atoms. The van der Waals surface area contributed by atoms with Crippen molar-refractivity contribution in [3.05, 3.63) is 0 Å². The highest BCUT2D eigenvalue weighted by Gasteiger charge is 2.34. The van der Waals surface area contributed by atoms with Gasteiger partial charge in [-0.25, -0.2) is 0 Å². The minimum atomic E-state index is 0.477. The van der Waals surface area contributed by atoms with Gasteiger partial charge in [-0.1, -0.05) is 13.6 Å². The Kier molecular flexibility index (Phi) is 1.84. The minimum absolute atomic E-state index is 0.477. The van der Waals surface area contributed by atoms with Crippen molar-refractivity contribution < 1.29 is 0 Å². The molecule has 0 radical (unpaired) electrons. The van der Waals surface area contributed by atoms with Crippen LogP contribution in [0.25, 0.3) is 0 Å². The second-order valence-corrected chi connectivity index (χ2v) is 2.71. The van der Waals surface area contributed by atoms with Gasteiger partial charge in [0.1, 0.15) is 0 Å². The lowest BCUT2D eigenvalue weighted by atomic mass is 9.68. The quantitative estimate of drug-likeness (QED) is 0.444. The fraction of sp³-hybridized carbons (Fsp3) is 1.00. The van der Waals surface area contributed by atoms with E-state index in [0.29, 0.717) is 14.0 Å². The van der Waals surface area contributed by atoms with Crippen LogP contribution < -0.4 is 5.34 Å². The van der Waals surface area contributed by atoms with Gasteiger partial charge in [0.15, 0.2) is 0 Å². The van der Waals surface area contributed by atoms with E-state index in [0.717, 1.165) is 0 Å². The van der Waals surface area contributed by atoms with Gasteiger partial charge in [-0.2, -0.15) is 0 Å². The minimum Gasteiger partial charge on any atom is -0.357 e. The van der Waals surface area contributed by atoms with E-state index in [-0.39, 0.29) is 0 Å². The first-order valence-corrected chi connectivity index (χ1v) is 3.34. The maximum absolute atomic E-state index is 3.28. The number of hydrazine groups is 1. The van der Waals surface area contributed by atoms with Crippen molar-refractivity contribution in [2.75, 3.05) is 14.1 Å². The van der Waals surface area contributed by atoms with Gasteiger partial charge in [0.25, 0.3) is 0 Å². The number of hydrogen-bond donors (Lipinski definition) is 1. The van der Waals surface area contributed by atoms with Crippen molar-refractivity contribution in [1.29, 1.82) is 0 Å². The highest BCUT2D eigenvalue weighted by molar-refractivity contribution is 6.72. The van der Waals surface area contributed by atoms with E-state index >= 15 is 0 Å². The Morgan fingerprint density at radius 2 is 1.78 bits per heavy atom. The lowest BCUT2D eigenvalue weighted by Crippen LogP contribution is -2.39. The van der Waals surface area contributed by atoms with E-state index in [1.165, 1.54) is 0 Å². The van der Waals surface area contributed by atoms with Crippen molar-refractivity contribution in [2.24, 2.45) is 0 Å². The third-order valence-corrected chi connectivity index (χ3v) is 2.15. The summed E-state index contributed by atoms with van der Waals surface area (Å²) in [6, 6.07) is 0. The number of nitrogens with zero attached hydrogens (tertiary/aromatic N) is 2. The molecule has 0 aromatic heterocycles. The van der Waals surface area contributed by atoms with E-state index in [4.69, 9.17) is 0 Å². The summed E-state index contributed by atoms with van der Waals surface area (Å²) in [7, 11) is 4.18. The maximum atomic E-state index is 3.28. The second-order valence-electron chi connectivity index (χ2n) is 2.71. The van der Waals surface area contributed by atoms with Gasteiger partial charge < -0.3 is 4.72 Å². The van der Waals surface area contributed by atoms with Crippen LogP contribution in [0, 0.1) is 0 Å². The smallest absolute Gasteiger partial charge is 0.310 e. The molecule has 0 amide bonds. The molecule has 1 saturated heterocycles. The first-order valence-electron chi connectivity index (χ1n) is 3.34. The fourth-order valence-corrected chi connectivity index (χ4v) is 1.09. The molecule has 1 aliphatic rings. The van der Waals surface area contributed by atoms with Crippen molar-refractivity contribution in [3.8, 4) is 0 Å². The van der Waals surface area contributed by atoms with Crippen LogP contribution in [-0.4, -0.2) is 37.7 Å². The molecule has 0 aromatic rings. The zero-order chi connectivity index (χ0) is 7.02. The standard InChI is InChI=1S/C4H13B2N3/c1-5-7-9(4)6(2)8(5)3/h7H,1-4H3. The molecule has 0 bridgehead atoms. The molecule has 1 heterocycles. The lowest BCUT2D eigenvalue weighted by Gasteiger charge is -2.14. The largest absolute Gasteiger partial charge is 0.357 e. The Morgan fingerprint density at radius 1 is 1.22 bits per heavy atom. The van der Waals surface area contributed by atoms with Crippen molar-refractivity contribution in [3.63, 3.8) is 0 Å². The summed E-state index contributed by atoms with van der Waals surface area (Å²) in [5, 5.41) is 3.28. The highest BCUT2D eigenvalue weighted by Crippen LogP contribution is 2.03. The Hall–Kier alpha value is 0.00987.